The van der Waals surface area contributed by atoms with Gasteiger partial charge in [0, 0.05) is 12.5 Å². The van der Waals surface area contributed by atoms with E-state index in [-0.39, 0.29) is 11.8 Å². The van der Waals surface area contributed by atoms with Crippen LogP contribution in [-0.4, -0.2) is 25.5 Å². The number of amides is 1. The molecule has 0 spiro atoms. The first kappa shape index (κ1) is 10.9. The van der Waals surface area contributed by atoms with Gasteiger partial charge in [0.05, 0.1) is 0 Å². The van der Waals surface area contributed by atoms with Gasteiger partial charge >= 0.3 is 0 Å². The standard InChI is InChI=1S/C12H22N2O/c1-12(2)7-10(12)8-14-11(15)9-3-5-13-6-4-9/h9-10,13H,3-8H2,1-2H3,(H,14,15). The summed E-state index contributed by atoms with van der Waals surface area (Å²) in [5.74, 6) is 1.25. The number of hydrogen-bond donors (Lipinski definition) is 2. The molecule has 2 aliphatic rings. The van der Waals surface area contributed by atoms with Crippen molar-refractivity contribution >= 4 is 5.91 Å². The highest BCUT2D eigenvalue weighted by Gasteiger charge is 2.45. The van der Waals surface area contributed by atoms with Crippen LogP contribution in [0.3, 0.4) is 0 Å². The molecule has 86 valence electrons. The van der Waals surface area contributed by atoms with Crippen LogP contribution in [0.15, 0.2) is 0 Å². The Hall–Kier alpha value is -0.570. The lowest BCUT2D eigenvalue weighted by Crippen LogP contribution is -2.39. The van der Waals surface area contributed by atoms with Crippen LogP contribution in [-0.2, 0) is 4.79 Å². The molecule has 0 bridgehead atoms. The molecular weight excluding hydrogens is 188 g/mol. The van der Waals surface area contributed by atoms with Crippen molar-refractivity contribution in [1.29, 1.82) is 0 Å². The maximum atomic E-state index is 11.8. The third kappa shape index (κ3) is 2.71. The molecule has 1 unspecified atom stereocenters. The molecule has 0 radical (unpaired) electrons. The van der Waals surface area contributed by atoms with Crippen LogP contribution in [0.1, 0.15) is 33.1 Å². The monoisotopic (exact) mass is 210 g/mol. The molecule has 3 nitrogen and oxygen atoms in total. The fourth-order valence-electron chi connectivity index (χ4n) is 2.38. The molecule has 2 N–H and O–H groups in total. The summed E-state index contributed by atoms with van der Waals surface area (Å²) >= 11 is 0. The molecule has 1 aliphatic heterocycles. The second-order valence-electron chi connectivity index (χ2n) is 5.66. The lowest BCUT2D eigenvalue weighted by molar-refractivity contribution is -0.125. The van der Waals surface area contributed by atoms with E-state index in [2.05, 4.69) is 24.5 Å². The number of hydrogen-bond acceptors (Lipinski definition) is 2. The first-order valence-corrected chi connectivity index (χ1v) is 6.08. The molecule has 0 aromatic carbocycles. The second kappa shape index (κ2) is 4.12. The number of carbonyl (C=O) groups is 1. The summed E-state index contributed by atoms with van der Waals surface area (Å²) in [7, 11) is 0. The molecule has 1 atom stereocenters. The third-order valence-electron chi connectivity index (χ3n) is 3.95. The smallest absolute Gasteiger partial charge is 0.223 e. The summed E-state index contributed by atoms with van der Waals surface area (Å²) in [5.41, 5.74) is 0.474. The second-order valence-corrected chi connectivity index (χ2v) is 5.66. The molecule has 1 amide bonds. The maximum Gasteiger partial charge on any atom is 0.223 e. The van der Waals surface area contributed by atoms with Crippen molar-refractivity contribution in [2.45, 2.75) is 33.1 Å². The average Bonchev–Trinajstić information content (AvgIpc) is 2.84. The summed E-state index contributed by atoms with van der Waals surface area (Å²) in [6, 6.07) is 0. The molecule has 3 heteroatoms. The van der Waals surface area contributed by atoms with Gasteiger partial charge in [0.25, 0.3) is 0 Å². The predicted molar refractivity (Wildman–Crippen MR) is 60.5 cm³/mol. The highest BCUT2D eigenvalue weighted by Crippen LogP contribution is 2.50. The van der Waals surface area contributed by atoms with Gasteiger partial charge in [-0.1, -0.05) is 13.8 Å². The summed E-state index contributed by atoms with van der Waals surface area (Å²) in [5, 5.41) is 6.38. The lowest BCUT2D eigenvalue weighted by atomic mass is 9.97. The molecular formula is C12H22N2O. The van der Waals surface area contributed by atoms with Crippen LogP contribution in [0.25, 0.3) is 0 Å². The van der Waals surface area contributed by atoms with Crippen LogP contribution < -0.4 is 10.6 Å². The maximum absolute atomic E-state index is 11.8. The number of nitrogens with one attached hydrogen (secondary N) is 2. The Morgan fingerprint density at radius 2 is 2.00 bits per heavy atom. The van der Waals surface area contributed by atoms with Gasteiger partial charge in [-0.05, 0) is 43.7 Å². The van der Waals surface area contributed by atoms with Gasteiger partial charge in [0.1, 0.15) is 0 Å². The van der Waals surface area contributed by atoms with Crippen LogP contribution in [0.5, 0.6) is 0 Å². The first-order chi connectivity index (χ1) is 7.09. The van der Waals surface area contributed by atoms with E-state index >= 15 is 0 Å². The fourth-order valence-corrected chi connectivity index (χ4v) is 2.38. The molecule has 0 aromatic rings. The minimum atomic E-state index is 0.258. The van der Waals surface area contributed by atoms with Crippen molar-refractivity contribution in [2.24, 2.45) is 17.3 Å². The van der Waals surface area contributed by atoms with Gasteiger partial charge < -0.3 is 10.6 Å². The molecule has 1 heterocycles. The van der Waals surface area contributed by atoms with E-state index in [1.807, 2.05) is 0 Å². The summed E-state index contributed by atoms with van der Waals surface area (Å²) in [6.07, 6.45) is 3.26. The zero-order chi connectivity index (χ0) is 10.9. The van der Waals surface area contributed by atoms with Crippen molar-refractivity contribution in [3.05, 3.63) is 0 Å². The van der Waals surface area contributed by atoms with Crippen molar-refractivity contribution in [2.75, 3.05) is 19.6 Å². The van der Waals surface area contributed by atoms with Gasteiger partial charge in [0.2, 0.25) is 5.91 Å². The van der Waals surface area contributed by atoms with E-state index in [4.69, 9.17) is 0 Å². The van der Waals surface area contributed by atoms with Crippen LogP contribution in [0, 0.1) is 17.3 Å². The fraction of sp³-hybridized carbons (Fsp3) is 0.917. The van der Waals surface area contributed by atoms with Crippen LogP contribution >= 0.6 is 0 Å². The molecule has 1 aliphatic carbocycles. The Morgan fingerprint density at radius 3 is 2.53 bits per heavy atom. The predicted octanol–water partition coefficient (Wildman–Crippen LogP) is 1.15. The Balaban J connectivity index is 1.68. The minimum absolute atomic E-state index is 0.258. The van der Waals surface area contributed by atoms with Gasteiger partial charge in [0.15, 0.2) is 0 Å². The molecule has 1 saturated heterocycles. The molecule has 2 rings (SSSR count). The van der Waals surface area contributed by atoms with E-state index in [1.54, 1.807) is 0 Å². The van der Waals surface area contributed by atoms with E-state index in [9.17, 15) is 4.79 Å². The number of rotatable bonds is 3. The molecule has 15 heavy (non-hydrogen) atoms. The van der Waals surface area contributed by atoms with Crippen molar-refractivity contribution in [3.8, 4) is 0 Å². The number of piperidine rings is 1. The number of carbonyl (C=O) groups excluding carboxylic acids is 1. The zero-order valence-electron chi connectivity index (χ0n) is 9.81. The van der Waals surface area contributed by atoms with E-state index < -0.39 is 0 Å². The third-order valence-corrected chi connectivity index (χ3v) is 3.95. The minimum Gasteiger partial charge on any atom is -0.356 e. The quantitative estimate of drug-likeness (QED) is 0.733. The van der Waals surface area contributed by atoms with E-state index in [0.29, 0.717) is 11.3 Å². The van der Waals surface area contributed by atoms with E-state index in [1.165, 1.54) is 6.42 Å². The Morgan fingerprint density at radius 1 is 1.40 bits per heavy atom. The SMILES string of the molecule is CC1(C)CC1CNC(=O)C1CCNCC1. The summed E-state index contributed by atoms with van der Waals surface area (Å²) in [6.45, 7) is 7.42. The van der Waals surface area contributed by atoms with Crippen LogP contribution in [0.2, 0.25) is 0 Å². The highest BCUT2D eigenvalue weighted by atomic mass is 16.1. The Labute approximate surface area is 92.0 Å². The largest absolute Gasteiger partial charge is 0.356 e. The van der Waals surface area contributed by atoms with Gasteiger partial charge in [-0.15, -0.1) is 0 Å². The first-order valence-electron chi connectivity index (χ1n) is 6.08. The topological polar surface area (TPSA) is 41.1 Å². The van der Waals surface area contributed by atoms with E-state index in [0.717, 1.165) is 32.5 Å². The molecule has 0 aromatic heterocycles. The molecule has 2 fully saturated rings. The highest BCUT2D eigenvalue weighted by molar-refractivity contribution is 5.78. The molecule has 1 saturated carbocycles. The average molecular weight is 210 g/mol. The van der Waals surface area contributed by atoms with Gasteiger partial charge in [-0.25, -0.2) is 0 Å². The Bertz CT molecular complexity index is 244. The summed E-state index contributed by atoms with van der Waals surface area (Å²) in [4.78, 5) is 11.8. The van der Waals surface area contributed by atoms with Crippen molar-refractivity contribution in [1.82, 2.24) is 10.6 Å². The van der Waals surface area contributed by atoms with Crippen LogP contribution in [0.4, 0.5) is 0 Å². The Kier molecular flexibility index (Phi) is 3.01. The van der Waals surface area contributed by atoms with Gasteiger partial charge in [-0.3, -0.25) is 4.79 Å². The van der Waals surface area contributed by atoms with Crippen molar-refractivity contribution < 1.29 is 4.79 Å². The summed E-state index contributed by atoms with van der Waals surface area (Å²) < 4.78 is 0. The van der Waals surface area contributed by atoms with Gasteiger partial charge in [-0.2, -0.15) is 0 Å². The normalized spacial score (nSPS) is 29.9. The van der Waals surface area contributed by atoms with Crippen molar-refractivity contribution in [3.63, 3.8) is 0 Å². The lowest BCUT2D eigenvalue weighted by Gasteiger charge is -2.21. The zero-order valence-corrected chi connectivity index (χ0v) is 9.81.